The van der Waals surface area contributed by atoms with Gasteiger partial charge < -0.3 is 4.90 Å². The number of nitrogens with one attached hydrogen (secondary N) is 1. The normalized spacial score (nSPS) is 17.7. The molecule has 0 spiro atoms. The van der Waals surface area contributed by atoms with E-state index in [1.807, 2.05) is 24.3 Å². The molecule has 0 bridgehead atoms. The Kier molecular flexibility index (Phi) is 5.74. The van der Waals surface area contributed by atoms with Crippen molar-refractivity contribution in [2.75, 3.05) is 12.8 Å². The van der Waals surface area contributed by atoms with Gasteiger partial charge in [0.15, 0.2) is 14.6 Å². The number of rotatable bonds is 5. The second-order valence-corrected chi connectivity index (χ2v) is 10.0. The molecular formula is C21H23N3O5S. The van der Waals surface area contributed by atoms with Crippen molar-refractivity contribution >= 4 is 21.8 Å². The molecule has 0 aromatic carbocycles. The van der Waals surface area contributed by atoms with E-state index < -0.39 is 20.5 Å². The molecule has 0 unspecified atom stereocenters. The summed E-state index contributed by atoms with van der Waals surface area (Å²) in [5.41, 5.74) is 4.76. The molecule has 1 aliphatic heterocycles. The van der Waals surface area contributed by atoms with E-state index in [4.69, 9.17) is 5.21 Å². The molecule has 2 aliphatic rings. The fourth-order valence-corrected chi connectivity index (χ4v) is 4.07. The molecule has 2 heterocycles. The number of sulfone groups is 1. The van der Waals surface area contributed by atoms with Crippen LogP contribution in [-0.2, 0) is 21.2 Å². The van der Waals surface area contributed by atoms with Gasteiger partial charge in [-0.05, 0) is 31.9 Å². The van der Waals surface area contributed by atoms with E-state index >= 15 is 0 Å². The van der Waals surface area contributed by atoms with Gasteiger partial charge in [-0.3, -0.25) is 14.6 Å². The second kappa shape index (κ2) is 7.97. The molecular weight excluding hydrogens is 406 g/mol. The highest BCUT2D eigenvalue weighted by Gasteiger charge is 2.44. The number of carbonyl (C=O) groups is 2. The van der Waals surface area contributed by atoms with Crippen molar-refractivity contribution in [3.05, 3.63) is 59.5 Å². The van der Waals surface area contributed by atoms with E-state index in [1.54, 1.807) is 6.20 Å². The molecule has 2 N–H and O–H groups in total. The monoisotopic (exact) mass is 429 g/mol. The number of hydrogen-bond donors (Lipinski definition) is 2. The number of aromatic nitrogens is 1. The summed E-state index contributed by atoms with van der Waals surface area (Å²) in [5, 5.41) is 8.90. The van der Waals surface area contributed by atoms with Crippen LogP contribution in [0.4, 0.5) is 4.79 Å². The summed E-state index contributed by atoms with van der Waals surface area (Å²) < 4.78 is 23.8. The molecule has 158 valence electrons. The maximum absolute atomic E-state index is 12.7. The fraction of sp³-hybridized carbons (Fsp3) is 0.333. The first kappa shape index (κ1) is 21.6. The van der Waals surface area contributed by atoms with Gasteiger partial charge in [0.25, 0.3) is 5.91 Å². The molecule has 3 rings (SSSR count). The highest BCUT2D eigenvalue weighted by molar-refractivity contribution is 7.92. The number of hydrogen-bond acceptors (Lipinski definition) is 5. The average molecular weight is 429 g/mol. The molecule has 1 aromatic rings. The maximum atomic E-state index is 12.7. The van der Waals surface area contributed by atoms with Crippen molar-refractivity contribution in [3.63, 3.8) is 0 Å². The summed E-state index contributed by atoms with van der Waals surface area (Å²) in [4.78, 5) is 26.0. The summed E-state index contributed by atoms with van der Waals surface area (Å²) in [5.74, 6) is 5.08. The third-order valence-corrected chi connectivity index (χ3v) is 7.45. The molecule has 2 amide bonds. The van der Waals surface area contributed by atoms with Crippen LogP contribution in [0.1, 0.15) is 31.0 Å². The number of allylic oxidation sites excluding steroid dienone is 5. The van der Waals surface area contributed by atoms with Crippen LogP contribution in [0.5, 0.6) is 0 Å². The number of nitrogens with zero attached hydrogens (tertiary/aromatic N) is 2. The first-order valence-electron chi connectivity index (χ1n) is 9.28. The summed E-state index contributed by atoms with van der Waals surface area (Å²) in [6.45, 7) is 5.43. The van der Waals surface area contributed by atoms with Crippen LogP contribution >= 0.6 is 0 Å². The predicted molar refractivity (Wildman–Crippen MR) is 111 cm³/mol. The average Bonchev–Trinajstić information content (AvgIpc) is 3.22. The maximum Gasteiger partial charge on any atom is 0.328 e. The van der Waals surface area contributed by atoms with Crippen molar-refractivity contribution in [2.24, 2.45) is 0 Å². The van der Waals surface area contributed by atoms with E-state index in [-0.39, 0.29) is 25.5 Å². The molecule has 0 saturated heterocycles. The Morgan fingerprint density at radius 3 is 2.67 bits per heavy atom. The lowest BCUT2D eigenvalue weighted by Gasteiger charge is -2.27. The molecule has 1 aliphatic carbocycles. The third-order valence-electron chi connectivity index (χ3n) is 5.42. The number of fused-ring (bicyclic) bond motifs is 1. The predicted octanol–water partition coefficient (Wildman–Crippen LogP) is 1.76. The Balaban J connectivity index is 1.69. The zero-order chi connectivity index (χ0) is 22.1. The van der Waals surface area contributed by atoms with Crippen LogP contribution in [0.2, 0.25) is 0 Å². The second-order valence-electron chi connectivity index (χ2n) is 7.59. The van der Waals surface area contributed by atoms with Gasteiger partial charge in [0.1, 0.15) is 0 Å². The molecule has 0 fully saturated rings. The zero-order valence-electron chi connectivity index (χ0n) is 16.8. The lowest BCUT2D eigenvalue weighted by atomic mass is 10.0. The minimum atomic E-state index is -3.82. The Bertz CT molecular complexity index is 1150. The summed E-state index contributed by atoms with van der Waals surface area (Å²) in [6.07, 6.45) is 9.01. The Morgan fingerprint density at radius 2 is 2.10 bits per heavy atom. The number of carbonyl (C=O) groups excluding carboxylic acids is 2. The molecule has 1 aromatic heterocycles. The SMILES string of the molecule is C=C1C=CC(C#Cc2cc3n(c2)C(=O)N(CC[C@](C)(C(=O)NO)S(C)(=O)=O)C3)=CC1. The van der Waals surface area contributed by atoms with E-state index in [1.165, 1.54) is 21.9 Å². The van der Waals surface area contributed by atoms with Crippen LogP contribution in [0, 0.1) is 11.8 Å². The quantitative estimate of drug-likeness (QED) is 0.421. The van der Waals surface area contributed by atoms with Gasteiger partial charge >= 0.3 is 6.03 Å². The van der Waals surface area contributed by atoms with Crippen molar-refractivity contribution in [3.8, 4) is 11.8 Å². The van der Waals surface area contributed by atoms with E-state index in [0.29, 0.717) is 5.56 Å². The van der Waals surface area contributed by atoms with Crippen LogP contribution in [0.15, 0.2) is 48.2 Å². The molecule has 8 nitrogen and oxygen atoms in total. The van der Waals surface area contributed by atoms with Gasteiger partial charge in [0.05, 0.1) is 6.54 Å². The Morgan fingerprint density at radius 1 is 1.37 bits per heavy atom. The largest absolute Gasteiger partial charge is 0.328 e. The van der Waals surface area contributed by atoms with Crippen LogP contribution in [0.3, 0.4) is 0 Å². The third kappa shape index (κ3) is 4.10. The topological polar surface area (TPSA) is 109 Å². The lowest BCUT2D eigenvalue weighted by Crippen LogP contribution is -2.50. The molecule has 0 saturated carbocycles. The Labute approximate surface area is 175 Å². The van der Waals surface area contributed by atoms with Crippen molar-refractivity contribution in [1.29, 1.82) is 0 Å². The Hall–Kier alpha value is -3.09. The molecule has 1 atom stereocenters. The smallest absolute Gasteiger partial charge is 0.318 e. The minimum absolute atomic E-state index is 0.0417. The van der Waals surface area contributed by atoms with Crippen LogP contribution in [0.25, 0.3) is 0 Å². The first-order chi connectivity index (χ1) is 14.0. The van der Waals surface area contributed by atoms with Crippen LogP contribution < -0.4 is 5.48 Å². The first-order valence-corrected chi connectivity index (χ1v) is 11.2. The van der Waals surface area contributed by atoms with Crippen molar-refractivity contribution in [1.82, 2.24) is 14.9 Å². The molecule has 30 heavy (non-hydrogen) atoms. The number of amides is 2. The summed E-state index contributed by atoms with van der Waals surface area (Å²) in [7, 11) is -3.82. The van der Waals surface area contributed by atoms with Crippen LogP contribution in [-0.4, -0.2) is 52.6 Å². The highest BCUT2D eigenvalue weighted by atomic mass is 32.2. The highest BCUT2D eigenvalue weighted by Crippen LogP contribution is 2.25. The van der Waals surface area contributed by atoms with Gasteiger partial charge in [-0.25, -0.2) is 18.7 Å². The zero-order valence-corrected chi connectivity index (χ0v) is 17.6. The van der Waals surface area contributed by atoms with E-state index in [0.717, 1.165) is 29.5 Å². The van der Waals surface area contributed by atoms with Gasteiger partial charge in [-0.15, -0.1) is 0 Å². The summed E-state index contributed by atoms with van der Waals surface area (Å²) >= 11 is 0. The fourth-order valence-electron chi connectivity index (χ4n) is 3.22. The van der Waals surface area contributed by atoms with Gasteiger partial charge in [0, 0.05) is 35.8 Å². The standard InChI is InChI=1S/C21H23N3O5S/c1-15-4-6-16(7-5-15)8-9-17-12-18-14-23(20(26)24(18)13-17)11-10-21(2,19(25)22-27)30(3,28)29/h4,6-7,12-13,27H,1,5,10-11,14H2,2-3H3,(H,22,25)/t21-/m1/s1. The van der Waals surface area contributed by atoms with Crippen molar-refractivity contribution < 1.29 is 23.2 Å². The molecule has 9 heteroatoms. The van der Waals surface area contributed by atoms with E-state index in [9.17, 15) is 18.0 Å². The summed E-state index contributed by atoms with van der Waals surface area (Å²) in [6, 6.07) is 1.50. The van der Waals surface area contributed by atoms with E-state index in [2.05, 4.69) is 18.4 Å². The lowest BCUT2D eigenvalue weighted by molar-refractivity contribution is -0.131. The van der Waals surface area contributed by atoms with Gasteiger partial charge in [-0.2, -0.15) is 0 Å². The minimum Gasteiger partial charge on any atom is -0.318 e. The van der Waals surface area contributed by atoms with Gasteiger partial charge in [0.2, 0.25) is 0 Å². The molecule has 0 radical (unpaired) electrons. The van der Waals surface area contributed by atoms with Crippen molar-refractivity contribution in [2.45, 2.75) is 31.1 Å². The number of hydroxylamine groups is 1. The van der Waals surface area contributed by atoms with Gasteiger partial charge in [-0.1, -0.05) is 36.1 Å².